The zero-order valence-corrected chi connectivity index (χ0v) is 21.1. The summed E-state index contributed by atoms with van der Waals surface area (Å²) < 4.78 is 5.91. The van der Waals surface area contributed by atoms with E-state index in [1.165, 1.54) is 0 Å². The zero-order valence-electron chi connectivity index (χ0n) is 21.1. The monoisotopic (exact) mass is 507 g/mol. The molecule has 2 unspecified atom stereocenters. The number of benzene rings is 2. The van der Waals surface area contributed by atoms with E-state index in [9.17, 15) is 19.7 Å². The van der Waals surface area contributed by atoms with Crippen molar-refractivity contribution in [3.8, 4) is 5.75 Å². The quantitative estimate of drug-likeness (QED) is 0.436. The van der Waals surface area contributed by atoms with Crippen molar-refractivity contribution in [1.82, 2.24) is 14.7 Å². The van der Waals surface area contributed by atoms with E-state index in [4.69, 9.17) is 4.74 Å². The van der Waals surface area contributed by atoms with Gasteiger partial charge in [-0.3, -0.25) is 24.6 Å². The maximum Gasteiger partial charge on any atom is 0.269 e. The van der Waals surface area contributed by atoms with E-state index in [0.29, 0.717) is 39.2 Å². The summed E-state index contributed by atoms with van der Waals surface area (Å²) in [7, 11) is 0. The van der Waals surface area contributed by atoms with Crippen LogP contribution in [-0.2, 0) is 16.0 Å². The lowest BCUT2D eigenvalue weighted by molar-refractivity contribution is -0.384. The highest BCUT2D eigenvalue weighted by Gasteiger charge is 2.43. The number of hydrogen-bond acceptors (Lipinski definition) is 7. The molecule has 2 fully saturated rings. The number of para-hydroxylation sites is 1. The predicted molar refractivity (Wildman–Crippen MR) is 139 cm³/mol. The first kappa shape index (κ1) is 25.0. The van der Waals surface area contributed by atoms with Gasteiger partial charge in [0, 0.05) is 77.1 Å². The van der Waals surface area contributed by atoms with E-state index in [0.717, 1.165) is 43.2 Å². The molecule has 10 nitrogen and oxygen atoms in total. The van der Waals surface area contributed by atoms with Gasteiger partial charge in [-0.05, 0) is 30.2 Å². The molecule has 0 N–H and O–H groups in total. The predicted octanol–water partition coefficient (Wildman–Crippen LogP) is 2.03. The van der Waals surface area contributed by atoms with Crippen LogP contribution in [0.25, 0.3) is 0 Å². The minimum absolute atomic E-state index is 0.0258. The molecule has 3 aliphatic rings. The van der Waals surface area contributed by atoms with Gasteiger partial charge in [0.05, 0.1) is 16.9 Å². The number of ether oxygens (including phenoxy) is 1. The Hall–Kier alpha value is -3.66. The average molecular weight is 508 g/mol. The number of fused-ring (bicyclic) bond motifs is 3. The third kappa shape index (κ3) is 5.39. The van der Waals surface area contributed by atoms with E-state index < -0.39 is 0 Å². The van der Waals surface area contributed by atoms with E-state index in [-0.39, 0.29) is 34.4 Å². The van der Waals surface area contributed by atoms with Gasteiger partial charge in [0.25, 0.3) is 5.69 Å². The van der Waals surface area contributed by atoms with Crippen LogP contribution < -0.4 is 9.64 Å². The molecule has 0 spiro atoms. The molecule has 2 saturated heterocycles. The van der Waals surface area contributed by atoms with Crippen LogP contribution in [0, 0.1) is 16.0 Å². The fourth-order valence-corrected chi connectivity index (χ4v) is 5.76. The highest BCUT2D eigenvalue weighted by atomic mass is 16.6. The molecule has 5 rings (SSSR count). The molecule has 0 radical (unpaired) electrons. The maximum atomic E-state index is 13.8. The van der Waals surface area contributed by atoms with Crippen molar-refractivity contribution in [2.24, 2.45) is 5.92 Å². The van der Waals surface area contributed by atoms with Crippen LogP contribution >= 0.6 is 0 Å². The third-order valence-corrected chi connectivity index (χ3v) is 7.76. The van der Waals surface area contributed by atoms with Gasteiger partial charge in [-0.15, -0.1) is 0 Å². The number of rotatable bonds is 6. The molecule has 2 amide bonds. The van der Waals surface area contributed by atoms with Crippen molar-refractivity contribution >= 4 is 23.2 Å². The minimum atomic E-state index is -0.380. The number of hydrogen-bond donors (Lipinski definition) is 0. The molecule has 3 heterocycles. The summed E-state index contributed by atoms with van der Waals surface area (Å²) in [4.78, 5) is 44.9. The van der Waals surface area contributed by atoms with Gasteiger partial charge in [0.1, 0.15) is 12.4 Å². The van der Waals surface area contributed by atoms with Crippen molar-refractivity contribution in [3.63, 3.8) is 0 Å². The first-order valence-corrected chi connectivity index (χ1v) is 12.9. The molecule has 3 aliphatic heterocycles. The SMILES string of the molecule is CC(=O)N1CCN(C(=O)C2Cc3cc([N+](=O)[O-])ccc3N3CCN(CCOc4ccccc4)CC23)CC1. The van der Waals surface area contributed by atoms with Crippen LogP contribution in [0.4, 0.5) is 11.4 Å². The zero-order chi connectivity index (χ0) is 25.9. The lowest BCUT2D eigenvalue weighted by atomic mass is 9.82. The largest absolute Gasteiger partial charge is 0.492 e. The third-order valence-electron chi connectivity index (χ3n) is 7.76. The number of piperazine rings is 2. The second-order valence-corrected chi connectivity index (χ2v) is 9.93. The number of nitro benzene ring substituents is 1. The van der Waals surface area contributed by atoms with Crippen LogP contribution in [-0.4, -0.2) is 96.4 Å². The van der Waals surface area contributed by atoms with Crippen LogP contribution in [0.5, 0.6) is 5.75 Å². The van der Waals surface area contributed by atoms with E-state index in [1.807, 2.05) is 41.3 Å². The normalized spacial score (nSPS) is 21.7. The van der Waals surface area contributed by atoms with Crippen LogP contribution in [0.2, 0.25) is 0 Å². The lowest BCUT2D eigenvalue weighted by Crippen LogP contribution is -2.62. The second-order valence-electron chi connectivity index (χ2n) is 9.93. The number of carbonyl (C=O) groups is 2. The number of anilines is 1. The fourth-order valence-electron chi connectivity index (χ4n) is 5.76. The molecule has 0 saturated carbocycles. The van der Waals surface area contributed by atoms with Crippen molar-refractivity contribution in [2.75, 3.05) is 63.9 Å². The van der Waals surface area contributed by atoms with Gasteiger partial charge in [-0.1, -0.05) is 18.2 Å². The molecule has 2 aromatic rings. The number of amides is 2. The smallest absolute Gasteiger partial charge is 0.269 e. The summed E-state index contributed by atoms with van der Waals surface area (Å²) in [5.74, 6) is 0.624. The van der Waals surface area contributed by atoms with Gasteiger partial charge >= 0.3 is 0 Å². The first-order valence-electron chi connectivity index (χ1n) is 12.9. The summed E-state index contributed by atoms with van der Waals surface area (Å²) in [6, 6.07) is 14.7. The molecule has 0 bridgehead atoms. The van der Waals surface area contributed by atoms with Gasteiger partial charge in [-0.25, -0.2) is 0 Å². The van der Waals surface area contributed by atoms with Gasteiger partial charge in [0.15, 0.2) is 0 Å². The highest BCUT2D eigenvalue weighted by Crippen LogP contribution is 2.38. The first-order chi connectivity index (χ1) is 17.9. The van der Waals surface area contributed by atoms with E-state index in [2.05, 4.69) is 9.80 Å². The molecule has 10 heteroatoms. The molecule has 0 aliphatic carbocycles. The van der Waals surface area contributed by atoms with Crippen LogP contribution in [0.15, 0.2) is 48.5 Å². The molecule has 0 aromatic heterocycles. The number of nitro groups is 1. The molecular weight excluding hydrogens is 474 g/mol. The summed E-state index contributed by atoms with van der Waals surface area (Å²) in [6.07, 6.45) is 0.471. The standard InChI is InChI=1S/C27H33N5O5/c1-20(33)29-10-12-30(13-11-29)27(34)24-18-21-17-22(32(35)36)7-8-25(21)31-14-9-28(19-26(24)31)15-16-37-23-5-3-2-4-6-23/h2-8,17,24,26H,9-16,18-19H2,1H3. The van der Waals surface area contributed by atoms with Crippen LogP contribution in [0.1, 0.15) is 12.5 Å². The molecule has 37 heavy (non-hydrogen) atoms. The Morgan fingerprint density at radius 1 is 1.00 bits per heavy atom. The Balaban J connectivity index is 1.33. The lowest BCUT2D eigenvalue weighted by Gasteiger charge is -2.50. The molecule has 2 atom stereocenters. The van der Waals surface area contributed by atoms with Gasteiger partial charge in [0.2, 0.25) is 11.8 Å². The Kier molecular flexibility index (Phi) is 7.27. The summed E-state index contributed by atoms with van der Waals surface area (Å²) in [5.41, 5.74) is 1.89. The Morgan fingerprint density at radius 3 is 2.43 bits per heavy atom. The van der Waals surface area contributed by atoms with Crippen molar-refractivity contribution in [1.29, 1.82) is 0 Å². The van der Waals surface area contributed by atoms with Crippen molar-refractivity contribution < 1.29 is 19.2 Å². The van der Waals surface area contributed by atoms with Crippen molar-refractivity contribution in [3.05, 3.63) is 64.2 Å². The highest BCUT2D eigenvalue weighted by molar-refractivity contribution is 5.83. The van der Waals surface area contributed by atoms with E-state index in [1.54, 1.807) is 24.0 Å². The summed E-state index contributed by atoms with van der Waals surface area (Å²) in [5, 5.41) is 11.4. The topological polar surface area (TPSA) is 99.5 Å². The minimum Gasteiger partial charge on any atom is -0.492 e. The summed E-state index contributed by atoms with van der Waals surface area (Å²) >= 11 is 0. The van der Waals surface area contributed by atoms with Crippen molar-refractivity contribution in [2.45, 2.75) is 19.4 Å². The molecule has 196 valence electrons. The number of nitrogens with zero attached hydrogens (tertiary/aromatic N) is 5. The van der Waals surface area contributed by atoms with Gasteiger partial charge in [-0.2, -0.15) is 0 Å². The number of carbonyl (C=O) groups excluding carboxylic acids is 2. The van der Waals surface area contributed by atoms with Gasteiger partial charge < -0.3 is 19.4 Å². The van der Waals surface area contributed by atoms with Crippen LogP contribution in [0.3, 0.4) is 0 Å². The number of non-ortho nitro benzene ring substituents is 1. The Labute approximate surface area is 216 Å². The summed E-state index contributed by atoms with van der Waals surface area (Å²) in [6.45, 7) is 7.25. The Morgan fingerprint density at radius 2 is 1.73 bits per heavy atom. The van der Waals surface area contributed by atoms with E-state index >= 15 is 0 Å². The maximum absolute atomic E-state index is 13.8. The molecular formula is C27H33N5O5. The fraction of sp³-hybridized carbons (Fsp3) is 0.481. The second kappa shape index (κ2) is 10.8. The molecule has 2 aromatic carbocycles. The Bertz CT molecular complexity index is 1150. The average Bonchev–Trinajstić information content (AvgIpc) is 2.92.